The molecule has 86 valence electrons. The first-order valence-corrected chi connectivity index (χ1v) is 5.33. The zero-order chi connectivity index (χ0) is 11.3. The normalized spacial score (nSPS) is 28.1. The van der Waals surface area contributed by atoms with E-state index in [4.69, 9.17) is 5.73 Å². The van der Waals surface area contributed by atoms with Gasteiger partial charge in [-0.15, -0.1) is 0 Å². The highest BCUT2D eigenvalue weighted by molar-refractivity contribution is 5.75. The van der Waals surface area contributed by atoms with Gasteiger partial charge in [-0.05, 0) is 38.0 Å². The molecule has 0 aliphatic heterocycles. The molecule has 0 amide bonds. The number of methoxy groups -OCH3 is 1. The van der Waals surface area contributed by atoms with Crippen molar-refractivity contribution in [2.24, 2.45) is 16.8 Å². The van der Waals surface area contributed by atoms with Crippen LogP contribution in [0.4, 0.5) is 0 Å². The van der Waals surface area contributed by atoms with E-state index in [1.54, 1.807) is 0 Å². The third kappa shape index (κ3) is 3.58. The van der Waals surface area contributed by atoms with Gasteiger partial charge in [0.05, 0.1) is 13.2 Å². The molecule has 5 heteroatoms. The Labute approximate surface area is 89.3 Å². The summed E-state index contributed by atoms with van der Waals surface area (Å²) >= 11 is 0. The van der Waals surface area contributed by atoms with Crippen LogP contribution in [0, 0.1) is 10.8 Å². The van der Waals surface area contributed by atoms with E-state index >= 15 is 0 Å². The van der Waals surface area contributed by atoms with E-state index < -0.39 is 6.04 Å². The zero-order valence-corrected chi connectivity index (χ0v) is 9.02. The van der Waals surface area contributed by atoms with Gasteiger partial charge in [-0.25, -0.2) is 0 Å². The highest BCUT2D eigenvalue weighted by Crippen LogP contribution is 2.29. The minimum atomic E-state index is -0.527. The second-order valence-corrected chi connectivity index (χ2v) is 4.15. The van der Waals surface area contributed by atoms with Gasteiger partial charge in [-0.2, -0.15) is 4.91 Å². The standard InChI is InChI=1S/C10H18N2O3/c1-15-10(13)9(11)6-7-2-4-8(12-14)5-3-7/h7-9H,2-6,11H2,1H3/t7?,8?,9-/m0/s1. The second kappa shape index (κ2) is 5.80. The number of nitrogens with two attached hydrogens (primary N) is 1. The zero-order valence-electron chi connectivity index (χ0n) is 9.02. The average molecular weight is 214 g/mol. The van der Waals surface area contributed by atoms with E-state index in [1.807, 2.05) is 0 Å². The maximum atomic E-state index is 11.1. The predicted octanol–water partition coefficient (Wildman–Crippen LogP) is 1.20. The summed E-state index contributed by atoms with van der Waals surface area (Å²) in [5.74, 6) is 0.0720. The minimum Gasteiger partial charge on any atom is -0.468 e. The third-order valence-electron chi connectivity index (χ3n) is 3.06. The summed E-state index contributed by atoms with van der Waals surface area (Å²) in [6.45, 7) is 0. The van der Waals surface area contributed by atoms with Crippen molar-refractivity contribution in [3.63, 3.8) is 0 Å². The molecule has 1 fully saturated rings. The lowest BCUT2D eigenvalue weighted by Crippen LogP contribution is -2.34. The van der Waals surface area contributed by atoms with Gasteiger partial charge in [-0.1, -0.05) is 5.18 Å². The minimum absolute atomic E-state index is 0.0319. The molecule has 0 saturated heterocycles. The lowest BCUT2D eigenvalue weighted by Gasteiger charge is -2.25. The molecule has 2 N–H and O–H groups in total. The summed E-state index contributed by atoms with van der Waals surface area (Å²) < 4.78 is 4.56. The Morgan fingerprint density at radius 2 is 2.07 bits per heavy atom. The van der Waals surface area contributed by atoms with Gasteiger partial charge < -0.3 is 10.5 Å². The van der Waals surface area contributed by atoms with E-state index in [9.17, 15) is 9.70 Å². The van der Waals surface area contributed by atoms with Crippen molar-refractivity contribution in [1.82, 2.24) is 0 Å². The number of carbonyl (C=O) groups excluding carboxylic acids is 1. The fraction of sp³-hybridized carbons (Fsp3) is 0.900. The largest absolute Gasteiger partial charge is 0.468 e. The van der Waals surface area contributed by atoms with Crippen molar-refractivity contribution in [2.75, 3.05) is 7.11 Å². The number of hydrogen-bond donors (Lipinski definition) is 1. The Hall–Kier alpha value is -0.970. The molecule has 0 heterocycles. The van der Waals surface area contributed by atoms with Crippen molar-refractivity contribution < 1.29 is 9.53 Å². The van der Waals surface area contributed by atoms with Crippen LogP contribution in [0.25, 0.3) is 0 Å². The molecule has 1 rings (SSSR count). The first kappa shape index (κ1) is 12.1. The SMILES string of the molecule is COC(=O)[C@@H](N)CC1CCC(N=O)CC1. The van der Waals surface area contributed by atoms with Crippen LogP contribution in [0.2, 0.25) is 0 Å². The monoisotopic (exact) mass is 214 g/mol. The Morgan fingerprint density at radius 1 is 1.47 bits per heavy atom. The Kier molecular flexibility index (Phi) is 4.68. The molecule has 0 spiro atoms. The fourth-order valence-corrected chi connectivity index (χ4v) is 2.09. The number of ether oxygens (including phenoxy) is 1. The van der Waals surface area contributed by atoms with E-state index in [2.05, 4.69) is 9.91 Å². The molecule has 0 bridgehead atoms. The second-order valence-electron chi connectivity index (χ2n) is 4.15. The van der Waals surface area contributed by atoms with E-state index in [0.29, 0.717) is 12.3 Å². The van der Waals surface area contributed by atoms with Gasteiger partial charge in [0.2, 0.25) is 0 Å². The van der Waals surface area contributed by atoms with E-state index in [1.165, 1.54) is 7.11 Å². The molecule has 0 aromatic rings. The molecule has 1 saturated carbocycles. The van der Waals surface area contributed by atoms with Crippen LogP contribution >= 0.6 is 0 Å². The summed E-state index contributed by atoms with van der Waals surface area (Å²) in [4.78, 5) is 21.4. The highest BCUT2D eigenvalue weighted by atomic mass is 16.5. The molecule has 5 nitrogen and oxygen atoms in total. The third-order valence-corrected chi connectivity index (χ3v) is 3.06. The number of nitrogens with zero attached hydrogens (tertiary/aromatic N) is 1. The molecular weight excluding hydrogens is 196 g/mol. The molecule has 1 aliphatic rings. The van der Waals surface area contributed by atoms with Crippen LogP contribution in [0.1, 0.15) is 32.1 Å². The first-order valence-electron chi connectivity index (χ1n) is 5.33. The van der Waals surface area contributed by atoms with Crippen molar-refractivity contribution in [3.8, 4) is 0 Å². The molecule has 0 unspecified atom stereocenters. The van der Waals surface area contributed by atoms with Crippen LogP contribution in [0.5, 0.6) is 0 Å². The number of carbonyl (C=O) groups is 1. The Balaban J connectivity index is 2.29. The topological polar surface area (TPSA) is 81.8 Å². The van der Waals surface area contributed by atoms with Crippen molar-refractivity contribution in [2.45, 2.75) is 44.2 Å². The summed E-state index contributed by atoms with van der Waals surface area (Å²) in [5.41, 5.74) is 5.67. The van der Waals surface area contributed by atoms with Crippen LogP contribution in [-0.2, 0) is 9.53 Å². The highest BCUT2D eigenvalue weighted by Gasteiger charge is 2.25. The summed E-state index contributed by atoms with van der Waals surface area (Å²) in [6, 6.07) is -0.559. The molecule has 1 aliphatic carbocycles. The lowest BCUT2D eigenvalue weighted by atomic mass is 9.83. The smallest absolute Gasteiger partial charge is 0.322 e. The maximum absolute atomic E-state index is 11.1. The van der Waals surface area contributed by atoms with Crippen LogP contribution < -0.4 is 5.73 Å². The molecule has 0 radical (unpaired) electrons. The molecule has 0 aromatic carbocycles. The molecule has 15 heavy (non-hydrogen) atoms. The van der Waals surface area contributed by atoms with Gasteiger partial charge in [0, 0.05) is 0 Å². The van der Waals surface area contributed by atoms with Gasteiger partial charge in [-0.3, -0.25) is 4.79 Å². The Morgan fingerprint density at radius 3 is 2.53 bits per heavy atom. The predicted molar refractivity (Wildman–Crippen MR) is 56.1 cm³/mol. The molecule has 0 aromatic heterocycles. The lowest BCUT2D eigenvalue weighted by molar-refractivity contribution is -0.142. The number of nitroso groups, excluding NO2 is 1. The molecular formula is C10H18N2O3. The van der Waals surface area contributed by atoms with Crippen LogP contribution in [0.15, 0.2) is 5.18 Å². The van der Waals surface area contributed by atoms with E-state index in [-0.39, 0.29) is 12.0 Å². The fourth-order valence-electron chi connectivity index (χ4n) is 2.09. The van der Waals surface area contributed by atoms with Gasteiger partial charge in [0.1, 0.15) is 6.04 Å². The van der Waals surface area contributed by atoms with Gasteiger partial charge in [0.25, 0.3) is 0 Å². The van der Waals surface area contributed by atoms with Crippen LogP contribution in [-0.4, -0.2) is 25.2 Å². The molecule has 1 atom stereocenters. The quantitative estimate of drug-likeness (QED) is 0.563. The first-order chi connectivity index (χ1) is 7.17. The van der Waals surface area contributed by atoms with E-state index in [0.717, 1.165) is 25.7 Å². The van der Waals surface area contributed by atoms with Crippen molar-refractivity contribution in [1.29, 1.82) is 0 Å². The van der Waals surface area contributed by atoms with Gasteiger partial charge in [0.15, 0.2) is 0 Å². The number of rotatable bonds is 4. The summed E-state index contributed by atoms with van der Waals surface area (Å²) in [7, 11) is 1.34. The number of esters is 1. The van der Waals surface area contributed by atoms with Gasteiger partial charge >= 0.3 is 5.97 Å². The number of hydrogen-bond acceptors (Lipinski definition) is 5. The van der Waals surface area contributed by atoms with Crippen molar-refractivity contribution in [3.05, 3.63) is 4.91 Å². The Bertz CT molecular complexity index is 225. The summed E-state index contributed by atoms with van der Waals surface area (Å²) in [6.07, 6.45) is 4.16. The van der Waals surface area contributed by atoms with Crippen molar-refractivity contribution >= 4 is 5.97 Å². The van der Waals surface area contributed by atoms with Crippen LogP contribution in [0.3, 0.4) is 0 Å². The maximum Gasteiger partial charge on any atom is 0.322 e. The summed E-state index contributed by atoms with van der Waals surface area (Å²) in [5, 5.41) is 3.04. The average Bonchev–Trinajstić information content (AvgIpc) is 2.29.